The largest absolute Gasteiger partial charge is 0.378 e. The Morgan fingerprint density at radius 3 is 1.78 bits per heavy atom. The first-order valence-corrected chi connectivity index (χ1v) is 20.0. The standard InChI is InChI=1S/C28H56N4O5S4/c1-25(33)9-5-21-38-40-23-7-14-30-13-4-3-11-27(28(35)32-16-18-37-20-19-36-17-12-29)31-15-8-24-41-39-22-6-10-26(2)34/h27,30-31H,3-24,29H2,1-2H3,(H,32,35). The molecule has 9 nitrogen and oxygen atoms in total. The van der Waals surface area contributed by atoms with E-state index in [0.29, 0.717) is 52.4 Å². The number of amides is 1. The molecule has 0 aromatic carbocycles. The summed E-state index contributed by atoms with van der Waals surface area (Å²) in [5.41, 5.74) is 5.39. The van der Waals surface area contributed by atoms with Crippen molar-refractivity contribution in [2.45, 2.75) is 77.7 Å². The second-order valence-electron chi connectivity index (χ2n) is 9.66. The van der Waals surface area contributed by atoms with Crippen LogP contribution in [0.1, 0.15) is 71.6 Å². The molecule has 0 radical (unpaired) electrons. The van der Waals surface area contributed by atoms with Gasteiger partial charge in [-0.2, -0.15) is 0 Å². The minimum absolute atomic E-state index is 0.0324. The summed E-state index contributed by atoms with van der Waals surface area (Å²) in [6.45, 7) is 9.04. The van der Waals surface area contributed by atoms with Crippen LogP contribution in [0, 0.1) is 0 Å². The predicted octanol–water partition coefficient (Wildman–Crippen LogP) is 4.09. The number of hydrogen-bond donors (Lipinski definition) is 4. The quantitative estimate of drug-likeness (QED) is 0.0599. The van der Waals surface area contributed by atoms with Gasteiger partial charge in [-0.15, -0.1) is 0 Å². The van der Waals surface area contributed by atoms with E-state index in [2.05, 4.69) is 16.0 Å². The second kappa shape index (κ2) is 32.9. The van der Waals surface area contributed by atoms with Gasteiger partial charge in [0.15, 0.2) is 0 Å². The third kappa shape index (κ3) is 32.8. The second-order valence-corrected chi connectivity index (χ2v) is 15.1. The third-order valence-corrected chi connectivity index (χ3v) is 10.8. The molecule has 0 aliphatic rings. The molecular formula is C28H56N4O5S4. The van der Waals surface area contributed by atoms with E-state index in [4.69, 9.17) is 15.2 Å². The van der Waals surface area contributed by atoms with Crippen LogP contribution < -0.4 is 21.7 Å². The van der Waals surface area contributed by atoms with Crippen LogP contribution in [0.15, 0.2) is 0 Å². The van der Waals surface area contributed by atoms with Crippen molar-refractivity contribution in [2.24, 2.45) is 5.73 Å². The molecule has 1 atom stereocenters. The van der Waals surface area contributed by atoms with Crippen molar-refractivity contribution in [1.82, 2.24) is 16.0 Å². The van der Waals surface area contributed by atoms with Crippen LogP contribution in [0.4, 0.5) is 0 Å². The highest BCUT2D eigenvalue weighted by Gasteiger charge is 2.16. The van der Waals surface area contributed by atoms with Crippen LogP contribution in [-0.4, -0.2) is 106 Å². The van der Waals surface area contributed by atoms with Gasteiger partial charge in [0.05, 0.1) is 32.5 Å². The van der Waals surface area contributed by atoms with E-state index in [1.807, 2.05) is 43.2 Å². The van der Waals surface area contributed by atoms with Gasteiger partial charge in [0.2, 0.25) is 5.91 Å². The first kappa shape index (κ1) is 41.0. The average molecular weight is 657 g/mol. The van der Waals surface area contributed by atoms with Crippen molar-refractivity contribution in [3.05, 3.63) is 0 Å². The number of rotatable bonds is 33. The van der Waals surface area contributed by atoms with Gasteiger partial charge in [-0.25, -0.2) is 0 Å². The third-order valence-electron chi connectivity index (χ3n) is 5.65. The van der Waals surface area contributed by atoms with E-state index in [0.717, 1.165) is 87.6 Å². The van der Waals surface area contributed by atoms with E-state index in [1.165, 1.54) is 0 Å². The molecule has 1 amide bonds. The van der Waals surface area contributed by atoms with Crippen molar-refractivity contribution in [2.75, 3.05) is 82.2 Å². The molecule has 13 heteroatoms. The van der Waals surface area contributed by atoms with E-state index >= 15 is 0 Å². The number of ether oxygens (including phenoxy) is 2. The Kier molecular flexibility index (Phi) is 32.9. The van der Waals surface area contributed by atoms with Gasteiger partial charge in [-0.3, -0.25) is 4.79 Å². The Balaban J connectivity index is 4.05. The Morgan fingerprint density at radius 1 is 0.659 bits per heavy atom. The van der Waals surface area contributed by atoms with Crippen LogP contribution >= 0.6 is 43.2 Å². The monoisotopic (exact) mass is 656 g/mol. The lowest BCUT2D eigenvalue weighted by Gasteiger charge is -2.19. The number of nitrogens with one attached hydrogen (secondary N) is 3. The minimum atomic E-state index is -0.201. The summed E-state index contributed by atoms with van der Waals surface area (Å²) >= 11 is 0. The SMILES string of the molecule is CC(=O)CCCSSCCCNCCCCC(NCCCSSCCCC(C)=O)C(=O)NCCOCCOCCN. The minimum Gasteiger partial charge on any atom is -0.378 e. The number of nitrogens with two attached hydrogens (primary N) is 1. The zero-order valence-electron chi connectivity index (χ0n) is 25.4. The topological polar surface area (TPSA) is 132 Å². The summed E-state index contributed by atoms with van der Waals surface area (Å²) in [7, 11) is 7.41. The van der Waals surface area contributed by atoms with Gasteiger partial charge in [0.1, 0.15) is 11.6 Å². The molecular weight excluding hydrogens is 601 g/mol. The summed E-state index contributed by atoms with van der Waals surface area (Å²) in [6.07, 6.45) is 8.21. The molecule has 0 bridgehead atoms. The molecule has 242 valence electrons. The Labute approximate surface area is 265 Å². The highest BCUT2D eigenvalue weighted by Crippen LogP contribution is 2.23. The zero-order valence-corrected chi connectivity index (χ0v) is 28.7. The molecule has 0 fully saturated rings. The first-order valence-electron chi connectivity index (χ1n) is 15.0. The fourth-order valence-electron chi connectivity index (χ4n) is 3.48. The molecule has 0 spiro atoms. The summed E-state index contributed by atoms with van der Waals surface area (Å²) < 4.78 is 10.8. The fourth-order valence-corrected chi connectivity index (χ4v) is 7.83. The number of unbranched alkanes of at least 4 members (excludes halogenated alkanes) is 1. The molecule has 0 heterocycles. The van der Waals surface area contributed by atoms with Crippen molar-refractivity contribution < 1.29 is 23.9 Å². The summed E-state index contributed by atoms with van der Waals surface area (Å²) in [6, 6.07) is -0.201. The fraction of sp³-hybridized carbons (Fsp3) is 0.893. The number of carbonyl (C=O) groups excluding carboxylic acids is 3. The van der Waals surface area contributed by atoms with Crippen molar-refractivity contribution in [3.8, 4) is 0 Å². The highest BCUT2D eigenvalue weighted by atomic mass is 33.1. The van der Waals surface area contributed by atoms with Gasteiger partial charge in [0, 0.05) is 48.9 Å². The molecule has 41 heavy (non-hydrogen) atoms. The maximum Gasteiger partial charge on any atom is 0.237 e. The van der Waals surface area contributed by atoms with E-state index < -0.39 is 0 Å². The van der Waals surface area contributed by atoms with Crippen LogP contribution in [-0.2, 0) is 23.9 Å². The Bertz CT molecular complexity index is 638. The highest BCUT2D eigenvalue weighted by molar-refractivity contribution is 8.77. The Morgan fingerprint density at radius 2 is 1.20 bits per heavy atom. The lowest BCUT2D eigenvalue weighted by molar-refractivity contribution is -0.123. The Hall–Kier alpha value is 0.01000. The van der Waals surface area contributed by atoms with Crippen molar-refractivity contribution >= 4 is 60.6 Å². The average Bonchev–Trinajstić information content (AvgIpc) is 2.94. The smallest absolute Gasteiger partial charge is 0.237 e. The van der Waals surface area contributed by atoms with Gasteiger partial charge < -0.3 is 40.7 Å². The molecule has 0 aromatic heterocycles. The molecule has 0 aliphatic heterocycles. The predicted molar refractivity (Wildman–Crippen MR) is 181 cm³/mol. The molecule has 0 aromatic rings. The number of ketones is 2. The zero-order chi connectivity index (χ0) is 30.2. The van der Waals surface area contributed by atoms with Gasteiger partial charge in [0.25, 0.3) is 0 Å². The summed E-state index contributed by atoms with van der Waals surface area (Å²) in [5, 5.41) is 9.98. The number of Topliss-reactive ketones (excluding diaryl/α,β-unsaturated/α-hetero) is 2. The molecule has 0 rings (SSSR count). The normalized spacial score (nSPS) is 12.0. The van der Waals surface area contributed by atoms with Gasteiger partial charge >= 0.3 is 0 Å². The maximum atomic E-state index is 12.8. The lowest BCUT2D eigenvalue weighted by atomic mass is 10.1. The van der Waals surface area contributed by atoms with Gasteiger partial charge in [-0.1, -0.05) is 49.6 Å². The van der Waals surface area contributed by atoms with Crippen LogP contribution in [0.2, 0.25) is 0 Å². The first-order chi connectivity index (χ1) is 20.0. The van der Waals surface area contributed by atoms with Crippen LogP contribution in [0.5, 0.6) is 0 Å². The molecule has 0 saturated carbocycles. The van der Waals surface area contributed by atoms with Crippen molar-refractivity contribution in [1.29, 1.82) is 0 Å². The number of carbonyl (C=O) groups is 3. The lowest BCUT2D eigenvalue weighted by Crippen LogP contribution is -2.45. The van der Waals surface area contributed by atoms with E-state index in [1.54, 1.807) is 13.8 Å². The van der Waals surface area contributed by atoms with Crippen molar-refractivity contribution in [3.63, 3.8) is 0 Å². The van der Waals surface area contributed by atoms with E-state index in [9.17, 15) is 14.4 Å². The number of hydrogen-bond acceptors (Lipinski definition) is 12. The van der Waals surface area contributed by atoms with Gasteiger partial charge in [-0.05, 0) is 72.0 Å². The summed E-state index contributed by atoms with van der Waals surface area (Å²) in [4.78, 5) is 34.8. The van der Waals surface area contributed by atoms with Crippen LogP contribution in [0.25, 0.3) is 0 Å². The molecule has 1 unspecified atom stereocenters. The van der Waals surface area contributed by atoms with Crippen LogP contribution in [0.3, 0.4) is 0 Å². The maximum absolute atomic E-state index is 12.8. The molecule has 5 N–H and O–H groups in total. The molecule has 0 aliphatic carbocycles. The molecule has 0 saturated heterocycles. The summed E-state index contributed by atoms with van der Waals surface area (Å²) in [5.74, 6) is 4.73. The van der Waals surface area contributed by atoms with E-state index in [-0.39, 0.29) is 23.5 Å².